The van der Waals surface area contributed by atoms with Crippen LogP contribution in [-0.4, -0.2) is 73.6 Å². The van der Waals surface area contributed by atoms with E-state index < -0.39 is 37.7 Å². The highest BCUT2D eigenvalue weighted by Crippen LogP contribution is 2.37. The van der Waals surface area contributed by atoms with E-state index in [1.165, 1.54) is 24.3 Å². The lowest BCUT2D eigenvalue weighted by molar-refractivity contribution is -0.140. The summed E-state index contributed by atoms with van der Waals surface area (Å²) in [6, 6.07) is 7.01. The van der Waals surface area contributed by atoms with Crippen LogP contribution in [0.4, 0.5) is 0 Å². The van der Waals surface area contributed by atoms with E-state index in [9.17, 15) is 28.8 Å². The molecule has 0 unspecified atom stereocenters. The molecule has 0 aliphatic heterocycles. The second kappa shape index (κ2) is 20.3. The largest absolute Gasteiger partial charge is 0.524 e. The summed E-state index contributed by atoms with van der Waals surface area (Å²) in [4.78, 5) is 75.8. The van der Waals surface area contributed by atoms with E-state index in [2.05, 4.69) is 34.0 Å². The highest BCUT2D eigenvalue weighted by molar-refractivity contribution is 7.46. The minimum absolute atomic E-state index is 0.0167. The highest BCUT2D eigenvalue weighted by atomic mass is 31.2. The van der Waals surface area contributed by atoms with E-state index >= 15 is 0 Å². The van der Waals surface area contributed by atoms with Crippen LogP contribution < -0.4 is 15.2 Å². The second-order valence-corrected chi connectivity index (χ2v) is 12.3. The third-order valence-corrected chi connectivity index (χ3v) is 7.69. The van der Waals surface area contributed by atoms with Crippen LogP contribution in [-0.2, 0) is 36.6 Å². The van der Waals surface area contributed by atoms with Crippen molar-refractivity contribution in [2.45, 2.75) is 96.6 Å². The Morgan fingerprint density at radius 2 is 1.54 bits per heavy atom. The minimum Gasteiger partial charge on any atom is -0.481 e. The van der Waals surface area contributed by atoms with E-state index in [1.807, 2.05) is 6.07 Å². The van der Waals surface area contributed by atoms with E-state index in [0.29, 0.717) is 25.1 Å². The maximum atomic E-state index is 13.7. The Morgan fingerprint density at radius 3 is 2.09 bits per heavy atom. The van der Waals surface area contributed by atoms with Crippen molar-refractivity contribution < 1.29 is 43.2 Å². The van der Waals surface area contributed by atoms with Crippen molar-refractivity contribution in [3.05, 3.63) is 59.9 Å². The number of carbonyl (C=O) groups excluding carboxylic acids is 3. The summed E-state index contributed by atoms with van der Waals surface area (Å²) in [6.07, 6.45) is 8.58. The maximum Gasteiger partial charge on any atom is 0.524 e. The third-order valence-electron chi connectivity index (χ3n) is 7.24. The lowest BCUT2D eigenvalue weighted by Gasteiger charge is -2.29. The van der Waals surface area contributed by atoms with Crippen molar-refractivity contribution in [1.82, 2.24) is 20.5 Å². The van der Waals surface area contributed by atoms with Crippen molar-refractivity contribution in [1.29, 1.82) is 0 Å². The molecule has 2 rings (SSSR count). The first-order chi connectivity index (χ1) is 21.9. The molecule has 0 aliphatic rings. The van der Waals surface area contributed by atoms with Crippen LogP contribution in [0, 0.1) is 0 Å². The standard InChI is InChI=1S/C32H47N4O9P/c1-3-5-7-20-36(21-8-6-4-2)32(41)27(16-18-30(38)39)35-31(40)28(34-29(37)17-13-25-10-9-19-33-23-25)22-24-11-14-26(15-12-24)45-46(42,43)44/h9-12,14-15,19,23,27-28H,3-8,13,16-18,20-22H2,1-2H3,(H,34,37)(H,35,40)(H,38,39)(H2,42,43,44)/t27-,28-/m0/s1. The predicted octanol–water partition coefficient (Wildman–Crippen LogP) is 3.77. The van der Waals surface area contributed by atoms with Gasteiger partial charge in [-0.05, 0) is 55.0 Å². The number of benzene rings is 1. The SMILES string of the molecule is CCCCCN(CCCCC)C(=O)[C@H](CCC(=O)O)NC(=O)[C@H](Cc1ccc(OP(=O)(O)O)cc1)NC(=O)CCc1cccnc1. The van der Waals surface area contributed by atoms with Crippen LogP contribution in [0.2, 0.25) is 0 Å². The Hall–Kier alpha value is -3.80. The summed E-state index contributed by atoms with van der Waals surface area (Å²) in [5.41, 5.74) is 1.38. The predicted molar refractivity (Wildman–Crippen MR) is 172 cm³/mol. The molecule has 0 bridgehead atoms. The number of phosphoric acid groups is 1. The number of aryl methyl sites for hydroxylation is 1. The molecule has 46 heavy (non-hydrogen) atoms. The quantitative estimate of drug-likeness (QED) is 0.0915. The van der Waals surface area contributed by atoms with Crippen LogP contribution in [0.1, 0.15) is 82.8 Å². The van der Waals surface area contributed by atoms with Crippen molar-refractivity contribution in [3.8, 4) is 5.75 Å². The monoisotopic (exact) mass is 662 g/mol. The number of carbonyl (C=O) groups is 4. The molecule has 2 aromatic rings. The summed E-state index contributed by atoms with van der Waals surface area (Å²) in [5, 5.41) is 14.8. The lowest BCUT2D eigenvalue weighted by atomic mass is 10.0. The Bertz CT molecular complexity index is 1280. The van der Waals surface area contributed by atoms with Crippen molar-refractivity contribution in [3.63, 3.8) is 0 Å². The number of hydrogen-bond acceptors (Lipinski definition) is 7. The molecule has 3 amide bonds. The number of phosphoric ester groups is 1. The number of carboxylic acids is 1. The molecule has 0 radical (unpaired) electrons. The zero-order chi connectivity index (χ0) is 34.0. The van der Waals surface area contributed by atoms with E-state index in [1.54, 1.807) is 23.4 Å². The fraction of sp³-hybridized carbons (Fsp3) is 0.531. The van der Waals surface area contributed by atoms with Crippen LogP contribution >= 0.6 is 7.82 Å². The summed E-state index contributed by atoms with van der Waals surface area (Å²) >= 11 is 0. The number of aromatic nitrogens is 1. The number of unbranched alkanes of at least 4 members (excludes halogenated alkanes) is 4. The van der Waals surface area contributed by atoms with Crippen LogP contribution in [0.15, 0.2) is 48.8 Å². The zero-order valence-electron chi connectivity index (χ0n) is 26.6. The summed E-state index contributed by atoms with van der Waals surface area (Å²) in [6.45, 7) is 5.10. The van der Waals surface area contributed by atoms with Crippen LogP contribution in [0.3, 0.4) is 0 Å². The molecule has 1 heterocycles. The molecule has 0 fully saturated rings. The molecule has 0 saturated heterocycles. The van der Waals surface area contributed by atoms with Crippen LogP contribution in [0.25, 0.3) is 0 Å². The third kappa shape index (κ3) is 15.5. The first-order valence-electron chi connectivity index (χ1n) is 15.7. The van der Waals surface area contributed by atoms with Gasteiger partial charge in [-0.15, -0.1) is 0 Å². The van der Waals surface area contributed by atoms with Gasteiger partial charge in [0.05, 0.1) is 0 Å². The van der Waals surface area contributed by atoms with Gasteiger partial charge in [-0.1, -0.05) is 57.7 Å². The van der Waals surface area contributed by atoms with Gasteiger partial charge in [0.15, 0.2) is 0 Å². The molecule has 1 aromatic heterocycles. The first-order valence-corrected chi connectivity index (χ1v) is 17.3. The fourth-order valence-corrected chi connectivity index (χ4v) is 5.19. The molecule has 254 valence electrons. The van der Waals surface area contributed by atoms with Gasteiger partial charge in [0.25, 0.3) is 0 Å². The number of aliphatic carboxylic acids is 1. The number of hydrogen-bond donors (Lipinski definition) is 5. The van der Waals surface area contributed by atoms with Crippen molar-refractivity contribution in [2.75, 3.05) is 13.1 Å². The van der Waals surface area contributed by atoms with Gasteiger partial charge in [-0.3, -0.25) is 33.9 Å². The minimum atomic E-state index is -4.77. The zero-order valence-corrected chi connectivity index (χ0v) is 27.5. The van der Waals surface area contributed by atoms with Crippen LogP contribution in [0.5, 0.6) is 5.75 Å². The van der Waals surface area contributed by atoms with Gasteiger partial charge < -0.3 is 25.2 Å². The molecule has 0 saturated carbocycles. The van der Waals surface area contributed by atoms with Crippen molar-refractivity contribution in [2.24, 2.45) is 0 Å². The topological polar surface area (TPSA) is 195 Å². The lowest BCUT2D eigenvalue weighted by Crippen LogP contribution is -2.55. The molecular formula is C32H47N4O9P. The van der Waals surface area contributed by atoms with Gasteiger partial charge in [0.2, 0.25) is 17.7 Å². The Morgan fingerprint density at radius 1 is 0.891 bits per heavy atom. The summed E-state index contributed by atoms with van der Waals surface area (Å²) < 4.78 is 15.8. The molecule has 5 N–H and O–H groups in total. The number of rotatable bonds is 22. The van der Waals surface area contributed by atoms with Gasteiger partial charge in [-0.2, -0.15) is 0 Å². The summed E-state index contributed by atoms with van der Waals surface area (Å²) in [5.74, 6) is -2.62. The van der Waals surface area contributed by atoms with E-state index in [0.717, 1.165) is 44.1 Å². The number of carboxylic acid groups (broad SMARTS) is 1. The molecule has 0 spiro atoms. The average molecular weight is 663 g/mol. The molecular weight excluding hydrogens is 615 g/mol. The fourth-order valence-electron chi connectivity index (χ4n) is 4.79. The van der Waals surface area contributed by atoms with E-state index in [-0.39, 0.29) is 37.3 Å². The molecule has 1 aromatic carbocycles. The number of nitrogens with one attached hydrogen (secondary N) is 2. The maximum absolute atomic E-state index is 13.7. The normalized spacial score (nSPS) is 12.5. The van der Waals surface area contributed by atoms with Gasteiger partial charge in [-0.25, -0.2) is 4.57 Å². The van der Waals surface area contributed by atoms with Gasteiger partial charge in [0.1, 0.15) is 17.8 Å². The number of amides is 3. The Kier molecular flexibility index (Phi) is 17.0. The summed E-state index contributed by atoms with van der Waals surface area (Å²) in [7, 11) is -4.77. The molecule has 14 heteroatoms. The smallest absolute Gasteiger partial charge is 0.481 e. The Labute approximate surface area is 270 Å². The van der Waals surface area contributed by atoms with Gasteiger partial charge >= 0.3 is 13.8 Å². The molecule has 0 aliphatic carbocycles. The molecule has 13 nitrogen and oxygen atoms in total. The number of pyridine rings is 1. The van der Waals surface area contributed by atoms with Gasteiger partial charge in [0, 0.05) is 44.7 Å². The van der Waals surface area contributed by atoms with E-state index in [4.69, 9.17) is 9.79 Å². The van der Waals surface area contributed by atoms with Crippen molar-refractivity contribution >= 4 is 31.5 Å². The highest BCUT2D eigenvalue weighted by Gasteiger charge is 2.30. The Balaban J connectivity index is 2.28. The second-order valence-electron chi connectivity index (χ2n) is 11.1. The first kappa shape index (κ1) is 38.4. The number of nitrogens with zero attached hydrogens (tertiary/aromatic N) is 2. The molecule has 2 atom stereocenters. The average Bonchev–Trinajstić information content (AvgIpc) is 3.01.